The second kappa shape index (κ2) is 12.1. The van der Waals surface area contributed by atoms with E-state index in [2.05, 4.69) is 14.7 Å². The number of carbonyl (C=O) groups is 1. The average Bonchev–Trinajstić information content (AvgIpc) is 3.35. The number of likely N-dealkylation sites (tertiary alicyclic amines) is 1. The van der Waals surface area contributed by atoms with E-state index in [0.29, 0.717) is 71.1 Å². The first-order chi connectivity index (χ1) is 19.8. The van der Waals surface area contributed by atoms with Crippen LogP contribution in [0.25, 0.3) is 28.5 Å². The summed E-state index contributed by atoms with van der Waals surface area (Å²) >= 11 is 0. The van der Waals surface area contributed by atoms with E-state index < -0.39 is 16.9 Å². The Bertz CT molecular complexity index is 1630. The second-order valence-corrected chi connectivity index (χ2v) is 10.2. The predicted octanol–water partition coefficient (Wildman–Crippen LogP) is 2.32. The molecule has 1 saturated heterocycles. The highest BCUT2D eigenvalue weighted by molar-refractivity contribution is 7.70. The number of benzene rings is 1. The van der Waals surface area contributed by atoms with Crippen LogP contribution in [0.2, 0.25) is 0 Å². The number of thiol groups is 1. The molecule has 4 aromatic rings. The molecular formula is C27H31N7O6S. The van der Waals surface area contributed by atoms with Crippen molar-refractivity contribution in [3.8, 4) is 34.6 Å². The fourth-order valence-electron chi connectivity index (χ4n) is 5.00. The number of para-hydroxylation sites is 1. The van der Waals surface area contributed by atoms with Crippen LogP contribution in [0.5, 0.6) is 17.4 Å². The molecule has 0 bridgehead atoms. The highest BCUT2D eigenvalue weighted by atomic mass is 32.2. The lowest BCUT2D eigenvalue weighted by molar-refractivity contribution is -0.133. The zero-order valence-corrected chi connectivity index (χ0v) is 24.0. The van der Waals surface area contributed by atoms with Crippen molar-refractivity contribution in [2.24, 2.45) is 5.92 Å². The number of ether oxygens (including phenoxy) is 3. The largest absolute Gasteiger partial charge is 0.494 e. The van der Waals surface area contributed by atoms with E-state index in [1.807, 2.05) is 13.0 Å². The molecule has 0 spiro atoms. The van der Waals surface area contributed by atoms with Crippen LogP contribution < -0.4 is 18.9 Å². The molecular weight excluding hydrogens is 550 g/mol. The molecule has 1 amide bonds. The second-order valence-electron chi connectivity index (χ2n) is 9.45. The van der Waals surface area contributed by atoms with Gasteiger partial charge in [-0.2, -0.15) is 0 Å². The summed E-state index contributed by atoms with van der Waals surface area (Å²) in [5, 5.41) is 0. The van der Waals surface area contributed by atoms with Crippen LogP contribution in [0.4, 0.5) is 0 Å². The van der Waals surface area contributed by atoms with Crippen LogP contribution in [0, 0.1) is 5.92 Å². The molecule has 3 aromatic heterocycles. The van der Waals surface area contributed by atoms with Crippen molar-refractivity contribution in [1.29, 1.82) is 0 Å². The molecule has 1 fully saturated rings. The molecule has 1 aromatic carbocycles. The number of hydrogen-bond donors (Lipinski definition) is 2. The number of nitrogens with zero attached hydrogens (tertiary/aromatic N) is 6. The van der Waals surface area contributed by atoms with Crippen molar-refractivity contribution in [3.63, 3.8) is 0 Å². The lowest BCUT2D eigenvalue weighted by Gasteiger charge is -2.33. The zero-order valence-electron chi connectivity index (χ0n) is 23.1. The first-order valence-corrected chi connectivity index (χ1v) is 14.2. The Balaban J connectivity index is 1.75. The molecule has 5 rings (SSSR count). The van der Waals surface area contributed by atoms with Crippen LogP contribution in [0.1, 0.15) is 31.5 Å². The van der Waals surface area contributed by atoms with E-state index in [4.69, 9.17) is 24.2 Å². The lowest BCUT2D eigenvalue weighted by atomic mass is 9.88. The summed E-state index contributed by atoms with van der Waals surface area (Å²) in [4.78, 5) is 33.0. The van der Waals surface area contributed by atoms with Gasteiger partial charge in [0.2, 0.25) is 22.7 Å². The summed E-state index contributed by atoms with van der Waals surface area (Å²) < 4.78 is 45.1. The minimum atomic E-state index is -2.99. The van der Waals surface area contributed by atoms with Gasteiger partial charge in [-0.25, -0.2) is 33.1 Å². The molecule has 1 aliphatic rings. The van der Waals surface area contributed by atoms with Crippen molar-refractivity contribution in [2.75, 3.05) is 34.4 Å². The summed E-state index contributed by atoms with van der Waals surface area (Å²) in [7, 11) is 1.83. The smallest absolute Gasteiger partial charge is 0.222 e. The fourth-order valence-corrected chi connectivity index (χ4v) is 5.57. The van der Waals surface area contributed by atoms with E-state index in [9.17, 15) is 13.2 Å². The molecule has 216 valence electrons. The minimum Gasteiger partial charge on any atom is -0.494 e. The maximum Gasteiger partial charge on any atom is 0.222 e. The Morgan fingerprint density at radius 3 is 2.46 bits per heavy atom. The number of methoxy groups -OCH3 is 2. The molecule has 0 aliphatic carbocycles. The molecule has 2 atom stereocenters. The third kappa shape index (κ3) is 5.65. The van der Waals surface area contributed by atoms with Crippen molar-refractivity contribution in [3.05, 3.63) is 48.3 Å². The Morgan fingerprint density at radius 1 is 1.07 bits per heavy atom. The molecule has 0 radical (unpaired) electrons. The van der Waals surface area contributed by atoms with Crippen LogP contribution in [-0.2, 0) is 15.7 Å². The topological polar surface area (TPSA) is 151 Å². The number of nitrogens with one attached hydrogen (secondary N) is 1. The van der Waals surface area contributed by atoms with Gasteiger partial charge in [0.05, 0.1) is 38.8 Å². The average molecular weight is 582 g/mol. The normalized spacial score (nSPS) is 16.3. The third-order valence-electron chi connectivity index (χ3n) is 6.99. The van der Waals surface area contributed by atoms with Crippen molar-refractivity contribution in [1.82, 2.24) is 34.1 Å². The van der Waals surface area contributed by atoms with E-state index in [-0.39, 0.29) is 18.2 Å². The van der Waals surface area contributed by atoms with E-state index >= 15 is 0 Å². The predicted molar refractivity (Wildman–Crippen MR) is 151 cm³/mol. The summed E-state index contributed by atoms with van der Waals surface area (Å²) in [5.41, 5.74) is 1.99. The van der Waals surface area contributed by atoms with Crippen molar-refractivity contribution >= 4 is 28.1 Å². The Morgan fingerprint density at radius 2 is 1.80 bits per heavy atom. The number of amides is 1. The standard InChI is InChI=1S/C27H31N7O6S/c1-5-40-21-11-6-8-17(29-21)26-31-25-27(34(26)24-19(38-3)9-7-10-20(24)39-4)30-18(15-28-25)23(32-41(36)37)16-12-13-33(2)22(35)14-16/h6-11,15-16,23,41H,5,12-14H2,1-4H3,(H,32,36,37)/t16-,23-/m0/s1. The van der Waals surface area contributed by atoms with Crippen LogP contribution >= 0.6 is 0 Å². The summed E-state index contributed by atoms with van der Waals surface area (Å²) in [6, 6.07) is 9.95. The molecule has 0 unspecified atom stereocenters. The number of rotatable bonds is 10. The molecule has 1 aliphatic heterocycles. The van der Waals surface area contributed by atoms with Gasteiger partial charge in [-0.15, -0.1) is 0 Å². The van der Waals surface area contributed by atoms with Gasteiger partial charge < -0.3 is 19.1 Å². The number of piperidine rings is 1. The van der Waals surface area contributed by atoms with E-state index in [0.717, 1.165) is 0 Å². The Kier molecular flexibility index (Phi) is 8.31. The molecule has 41 heavy (non-hydrogen) atoms. The molecule has 1 N–H and O–H groups in total. The molecule has 14 heteroatoms. The first kappa shape index (κ1) is 28.2. The zero-order chi connectivity index (χ0) is 29.1. The molecule has 0 saturated carbocycles. The maximum atomic E-state index is 12.5. The number of carbonyl (C=O) groups excluding carboxylic acids is 1. The number of fused-ring (bicyclic) bond motifs is 1. The Hall–Kier alpha value is -4.30. The lowest BCUT2D eigenvalue weighted by Crippen LogP contribution is -2.40. The monoisotopic (exact) mass is 581 g/mol. The highest BCUT2D eigenvalue weighted by Crippen LogP contribution is 2.38. The maximum absolute atomic E-state index is 12.5. The van der Waals surface area contributed by atoms with Gasteiger partial charge in [-0.3, -0.25) is 9.36 Å². The van der Waals surface area contributed by atoms with Crippen LogP contribution in [0.3, 0.4) is 0 Å². The van der Waals surface area contributed by atoms with Gasteiger partial charge in [-0.05, 0) is 37.5 Å². The van der Waals surface area contributed by atoms with Crippen LogP contribution in [0.15, 0.2) is 42.6 Å². The fraction of sp³-hybridized carbons (Fsp3) is 0.370. The van der Waals surface area contributed by atoms with Crippen molar-refractivity contribution in [2.45, 2.75) is 25.8 Å². The number of imidazole rings is 1. The van der Waals surface area contributed by atoms with Gasteiger partial charge in [0.1, 0.15) is 22.9 Å². The van der Waals surface area contributed by atoms with Gasteiger partial charge in [0.25, 0.3) is 0 Å². The first-order valence-electron chi connectivity index (χ1n) is 13.1. The number of pyridine rings is 1. The summed E-state index contributed by atoms with van der Waals surface area (Å²) in [6.45, 7) is 2.82. The minimum absolute atomic E-state index is 0.0606. The highest BCUT2D eigenvalue weighted by Gasteiger charge is 2.33. The van der Waals surface area contributed by atoms with Gasteiger partial charge in [0.15, 0.2) is 17.1 Å². The number of aromatic nitrogens is 5. The molecule has 13 nitrogen and oxygen atoms in total. The van der Waals surface area contributed by atoms with Crippen LogP contribution in [-0.4, -0.2) is 78.1 Å². The van der Waals surface area contributed by atoms with Crippen molar-refractivity contribution < 1.29 is 27.4 Å². The van der Waals surface area contributed by atoms with E-state index in [1.165, 1.54) is 6.20 Å². The van der Waals surface area contributed by atoms with E-state index in [1.54, 1.807) is 61.1 Å². The van der Waals surface area contributed by atoms with Gasteiger partial charge in [0, 0.05) is 26.1 Å². The SMILES string of the molecule is CCOc1cccc(-c2nc3ncc([C@@H](N[SH](=O)=O)[C@H]4CCN(C)C(=O)C4)nc3n2-c2c(OC)cccc2OC)n1. The third-order valence-corrected chi connectivity index (χ3v) is 7.48. The number of hydrogen-bond acceptors (Lipinski definition) is 10. The Labute approximate surface area is 238 Å². The molecule has 4 heterocycles. The van der Waals surface area contributed by atoms with Gasteiger partial charge in [-0.1, -0.05) is 12.1 Å². The summed E-state index contributed by atoms with van der Waals surface area (Å²) in [6.07, 6.45) is 2.27. The van der Waals surface area contributed by atoms with Gasteiger partial charge >= 0.3 is 0 Å². The quantitative estimate of drug-likeness (QED) is 0.267. The summed E-state index contributed by atoms with van der Waals surface area (Å²) in [5.74, 6) is 1.42.